The monoisotopic (exact) mass is 439 g/mol. The number of aliphatic imine (C=N–C) groups is 2. The molecule has 1 aliphatic carbocycles. The van der Waals surface area contributed by atoms with Crippen molar-refractivity contribution in [1.82, 2.24) is 9.97 Å². The predicted molar refractivity (Wildman–Crippen MR) is 121 cm³/mol. The first-order valence-corrected chi connectivity index (χ1v) is 10.2. The Kier molecular flexibility index (Phi) is 6.82. The van der Waals surface area contributed by atoms with Gasteiger partial charge < -0.3 is 21.6 Å². The molecule has 0 saturated heterocycles. The molecule has 0 bridgehead atoms. The molecule has 32 heavy (non-hydrogen) atoms. The number of nitrogens with zero attached hydrogens (tertiary/aromatic N) is 3. The van der Waals surface area contributed by atoms with Gasteiger partial charge in [-0.15, -0.1) is 0 Å². The Morgan fingerprint density at radius 2 is 2.16 bits per heavy atom. The molecule has 0 aliphatic heterocycles. The third kappa shape index (κ3) is 4.74. The van der Waals surface area contributed by atoms with Gasteiger partial charge in [-0.05, 0) is 36.5 Å². The number of aromatic amines is 1. The predicted octanol–water partition coefficient (Wildman–Crippen LogP) is 2.60. The SMILES string of the molecule is CC[C@H]1C=C[C@@H](C)[C@H](N=C(N=C(N)C(=N)c2cc(F)cnc2N)c2ccc[nH]2)[C@H]1C(=O)O. The van der Waals surface area contributed by atoms with E-state index in [1.807, 2.05) is 26.0 Å². The lowest BCUT2D eigenvalue weighted by atomic mass is 9.74. The zero-order valence-electron chi connectivity index (χ0n) is 17.8. The highest BCUT2D eigenvalue weighted by Crippen LogP contribution is 2.34. The summed E-state index contributed by atoms with van der Waals surface area (Å²) in [5.41, 5.74) is 12.0. The molecule has 0 fully saturated rings. The van der Waals surface area contributed by atoms with E-state index in [9.17, 15) is 14.3 Å². The molecule has 1 aliphatic rings. The van der Waals surface area contributed by atoms with Crippen molar-refractivity contribution in [3.63, 3.8) is 0 Å². The molecule has 10 heteroatoms. The van der Waals surface area contributed by atoms with Gasteiger partial charge in [0.2, 0.25) is 0 Å². The van der Waals surface area contributed by atoms with E-state index < -0.39 is 23.7 Å². The van der Waals surface area contributed by atoms with Crippen molar-refractivity contribution in [3.05, 3.63) is 59.8 Å². The quantitative estimate of drug-likeness (QED) is 0.264. The maximum absolute atomic E-state index is 13.6. The molecule has 0 saturated carbocycles. The molecule has 3 rings (SSSR count). The summed E-state index contributed by atoms with van der Waals surface area (Å²) in [6, 6.07) is 3.92. The molecule has 2 heterocycles. The fraction of sp³-hybridized carbons (Fsp3) is 0.318. The Balaban J connectivity index is 2.06. The molecule has 0 spiro atoms. The van der Waals surface area contributed by atoms with Crippen LogP contribution in [0.4, 0.5) is 10.2 Å². The second-order valence-corrected chi connectivity index (χ2v) is 7.67. The van der Waals surface area contributed by atoms with Crippen LogP contribution in [-0.4, -0.2) is 44.5 Å². The molecule has 2 aromatic heterocycles. The third-order valence-corrected chi connectivity index (χ3v) is 5.53. The van der Waals surface area contributed by atoms with Gasteiger partial charge in [0.25, 0.3) is 0 Å². The number of hydrogen-bond donors (Lipinski definition) is 5. The van der Waals surface area contributed by atoms with Gasteiger partial charge in [-0.1, -0.05) is 26.0 Å². The number of aliphatic carboxylic acids is 1. The van der Waals surface area contributed by atoms with Crippen LogP contribution in [0.5, 0.6) is 0 Å². The maximum Gasteiger partial charge on any atom is 0.309 e. The zero-order chi connectivity index (χ0) is 23.4. The number of carboxylic acid groups (broad SMARTS) is 1. The Labute approximate surface area is 184 Å². The van der Waals surface area contributed by atoms with Crippen LogP contribution in [-0.2, 0) is 4.79 Å². The minimum Gasteiger partial charge on any atom is -0.481 e. The lowest BCUT2D eigenvalue weighted by molar-refractivity contribution is -0.144. The second kappa shape index (κ2) is 9.54. The molecule has 0 unspecified atom stereocenters. The molecule has 0 aromatic carbocycles. The maximum atomic E-state index is 13.6. The van der Waals surface area contributed by atoms with Crippen molar-refractivity contribution in [2.45, 2.75) is 26.3 Å². The van der Waals surface area contributed by atoms with Gasteiger partial charge in [-0.25, -0.2) is 14.4 Å². The summed E-state index contributed by atoms with van der Waals surface area (Å²) in [6.45, 7) is 3.83. The van der Waals surface area contributed by atoms with Crippen LogP contribution in [0.3, 0.4) is 0 Å². The molecule has 0 radical (unpaired) electrons. The van der Waals surface area contributed by atoms with E-state index in [-0.39, 0.29) is 40.6 Å². The van der Waals surface area contributed by atoms with Crippen LogP contribution in [0.15, 0.2) is 52.7 Å². The molecule has 7 N–H and O–H groups in total. The van der Waals surface area contributed by atoms with Crippen molar-refractivity contribution in [1.29, 1.82) is 5.41 Å². The first-order chi connectivity index (χ1) is 15.2. The standard InChI is InChI=1S/C22H26FN7O2/c1-3-12-7-6-11(2)18(16(12)22(31)32)29-21(15-5-4-8-27-15)30-20(26)17(24)14-9-13(23)10-28-19(14)25/h4-12,16,18,24,27H,3H2,1-2H3,(H2,25,28)(H,31,32)(H2,26,29,30)/t11-,12+,16+,18+/m1/s1. The number of carboxylic acids is 1. The normalized spacial score (nSPS) is 23.8. The largest absolute Gasteiger partial charge is 0.481 e. The summed E-state index contributed by atoms with van der Waals surface area (Å²) >= 11 is 0. The van der Waals surface area contributed by atoms with Gasteiger partial charge in [-0.2, -0.15) is 0 Å². The number of rotatable bonds is 6. The molecule has 0 amide bonds. The summed E-state index contributed by atoms with van der Waals surface area (Å²) in [5.74, 6) is -2.81. The van der Waals surface area contributed by atoms with Gasteiger partial charge in [0, 0.05) is 11.8 Å². The smallest absolute Gasteiger partial charge is 0.309 e. The Morgan fingerprint density at radius 1 is 1.41 bits per heavy atom. The number of nitrogens with one attached hydrogen (secondary N) is 2. The number of nitrogens with two attached hydrogens (primary N) is 2. The van der Waals surface area contributed by atoms with Gasteiger partial charge in [0.15, 0.2) is 11.7 Å². The van der Waals surface area contributed by atoms with Gasteiger partial charge in [0.05, 0.1) is 23.9 Å². The highest BCUT2D eigenvalue weighted by atomic mass is 19.1. The van der Waals surface area contributed by atoms with E-state index >= 15 is 0 Å². The van der Waals surface area contributed by atoms with Gasteiger partial charge in [0.1, 0.15) is 17.3 Å². The average Bonchev–Trinajstić information content (AvgIpc) is 3.30. The van der Waals surface area contributed by atoms with Crippen LogP contribution < -0.4 is 11.5 Å². The number of hydrogen-bond acceptors (Lipinski definition) is 5. The Morgan fingerprint density at radius 3 is 2.78 bits per heavy atom. The minimum absolute atomic E-state index is 0.000475. The first kappa shape index (κ1) is 22.9. The molecule has 4 atom stereocenters. The Bertz CT molecular complexity index is 1090. The molecule has 2 aromatic rings. The summed E-state index contributed by atoms with van der Waals surface area (Å²) in [7, 11) is 0. The lowest BCUT2D eigenvalue weighted by Crippen LogP contribution is -2.39. The van der Waals surface area contributed by atoms with Crippen molar-refractivity contribution in [3.8, 4) is 0 Å². The highest BCUT2D eigenvalue weighted by molar-refractivity contribution is 6.48. The van der Waals surface area contributed by atoms with Crippen LogP contribution in [0.2, 0.25) is 0 Å². The average molecular weight is 439 g/mol. The third-order valence-electron chi connectivity index (χ3n) is 5.53. The van der Waals surface area contributed by atoms with Crippen molar-refractivity contribution < 1.29 is 14.3 Å². The van der Waals surface area contributed by atoms with E-state index in [1.54, 1.807) is 18.3 Å². The fourth-order valence-corrected chi connectivity index (χ4v) is 3.78. The summed E-state index contributed by atoms with van der Waals surface area (Å²) in [5, 5.41) is 18.2. The number of anilines is 1. The van der Waals surface area contributed by atoms with Gasteiger partial charge >= 0.3 is 5.97 Å². The molecule has 168 valence electrons. The molecular weight excluding hydrogens is 413 g/mol. The summed E-state index contributed by atoms with van der Waals surface area (Å²) in [4.78, 5) is 27.8. The van der Waals surface area contributed by atoms with Gasteiger partial charge in [-0.3, -0.25) is 15.2 Å². The van der Waals surface area contributed by atoms with E-state index in [4.69, 9.17) is 16.9 Å². The van der Waals surface area contributed by atoms with E-state index in [0.717, 1.165) is 12.3 Å². The van der Waals surface area contributed by atoms with Crippen LogP contribution in [0.1, 0.15) is 31.5 Å². The van der Waals surface area contributed by atoms with Crippen molar-refractivity contribution >= 4 is 29.2 Å². The second-order valence-electron chi connectivity index (χ2n) is 7.67. The van der Waals surface area contributed by atoms with E-state index in [1.165, 1.54) is 0 Å². The molecule has 9 nitrogen and oxygen atoms in total. The van der Waals surface area contributed by atoms with Crippen LogP contribution in [0, 0.1) is 29.0 Å². The number of halogens is 1. The van der Waals surface area contributed by atoms with Crippen molar-refractivity contribution in [2.75, 3.05) is 5.73 Å². The number of allylic oxidation sites excluding steroid dienone is 1. The van der Waals surface area contributed by atoms with Crippen molar-refractivity contribution in [2.24, 2.45) is 33.5 Å². The Hall–Kier alpha value is -3.82. The van der Waals surface area contributed by atoms with E-state index in [0.29, 0.717) is 12.1 Å². The topological polar surface area (TPSA) is 167 Å². The van der Waals surface area contributed by atoms with Crippen LogP contribution >= 0.6 is 0 Å². The number of nitrogen functional groups attached to an aromatic ring is 1. The number of H-pyrrole nitrogens is 1. The first-order valence-electron chi connectivity index (χ1n) is 10.2. The fourth-order valence-electron chi connectivity index (χ4n) is 3.78. The number of aromatic nitrogens is 2. The minimum atomic E-state index is -0.934. The van der Waals surface area contributed by atoms with Crippen LogP contribution in [0.25, 0.3) is 0 Å². The highest BCUT2D eigenvalue weighted by Gasteiger charge is 2.39. The summed E-state index contributed by atoms with van der Waals surface area (Å²) < 4.78 is 13.6. The lowest BCUT2D eigenvalue weighted by Gasteiger charge is -2.33. The number of pyridine rings is 1. The zero-order valence-corrected chi connectivity index (χ0v) is 17.8. The number of carbonyl (C=O) groups is 1. The summed E-state index contributed by atoms with van der Waals surface area (Å²) in [6.07, 6.45) is 7.16. The van der Waals surface area contributed by atoms with E-state index in [2.05, 4.69) is 20.0 Å². The number of amidine groups is 2. The molecular formula is C22H26FN7O2.